The molecule has 1 unspecified atom stereocenters. The van der Waals surface area contributed by atoms with E-state index in [2.05, 4.69) is 30.3 Å². The normalized spacial score (nSPS) is 23.5. The molecule has 0 bridgehead atoms. The van der Waals surface area contributed by atoms with Crippen LogP contribution in [-0.4, -0.2) is 69.8 Å². The molecule has 0 radical (unpaired) electrons. The second kappa shape index (κ2) is 6.64. The molecule has 2 aliphatic rings. The summed E-state index contributed by atoms with van der Waals surface area (Å²) < 4.78 is 2.01. The van der Waals surface area contributed by atoms with Crippen molar-refractivity contribution in [3.8, 4) is 0 Å². The predicted octanol–water partition coefficient (Wildman–Crippen LogP) is 0.369. The van der Waals surface area contributed by atoms with Gasteiger partial charge in [-0.2, -0.15) is 0 Å². The van der Waals surface area contributed by atoms with E-state index in [1.54, 1.807) is 0 Å². The summed E-state index contributed by atoms with van der Waals surface area (Å²) in [6.07, 6.45) is 3.95. The fourth-order valence-corrected chi connectivity index (χ4v) is 3.43. The number of likely N-dealkylation sites (tertiary alicyclic amines) is 2. The van der Waals surface area contributed by atoms with Gasteiger partial charge >= 0.3 is 0 Å². The summed E-state index contributed by atoms with van der Waals surface area (Å²) in [7, 11) is 3.85. The van der Waals surface area contributed by atoms with Gasteiger partial charge in [0.2, 0.25) is 0 Å². The maximum atomic E-state index is 4.44. The fraction of sp³-hybridized carbons (Fsp3) is 0.800. The van der Waals surface area contributed by atoms with Crippen molar-refractivity contribution < 1.29 is 0 Å². The lowest BCUT2D eigenvalue weighted by molar-refractivity contribution is 0.249. The second-order valence-corrected chi connectivity index (χ2v) is 6.25. The van der Waals surface area contributed by atoms with Crippen molar-refractivity contribution in [3.05, 3.63) is 11.6 Å². The molecule has 1 atom stereocenters. The number of hydrogen-bond donors (Lipinski definition) is 1. The smallest absolute Gasteiger partial charge is 0.194 e. The largest absolute Gasteiger partial charge is 0.349 e. The Morgan fingerprint density at radius 2 is 2.05 bits per heavy atom. The van der Waals surface area contributed by atoms with E-state index in [4.69, 9.17) is 0 Å². The molecule has 122 valence electrons. The number of guanidine groups is 1. The molecule has 2 saturated heterocycles. The third-order valence-electron chi connectivity index (χ3n) is 4.92. The number of aliphatic imine (C=N–C) groups is 1. The number of aryl methyl sites for hydroxylation is 1. The first-order chi connectivity index (χ1) is 10.7. The van der Waals surface area contributed by atoms with E-state index in [9.17, 15) is 0 Å². The van der Waals surface area contributed by atoms with Crippen molar-refractivity contribution in [2.45, 2.75) is 38.8 Å². The lowest BCUT2D eigenvalue weighted by Crippen LogP contribution is -2.42. The minimum Gasteiger partial charge on any atom is -0.349 e. The van der Waals surface area contributed by atoms with E-state index in [1.165, 1.54) is 32.4 Å². The van der Waals surface area contributed by atoms with Gasteiger partial charge in [0, 0.05) is 33.2 Å². The number of aromatic nitrogens is 3. The molecule has 0 amide bonds. The molecular weight excluding hydrogens is 278 g/mol. The zero-order valence-corrected chi connectivity index (χ0v) is 13.9. The van der Waals surface area contributed by atoms with Crippen LogP contribution in [0.4, 0.5) is 0 Å². The average Bonchev–Trinajstić information content (AvgIpc) is 3.24. The SMILES string of the molecule is CN=C(NCc1nnc(C)n1C)N1CCC(N2CCCC2)C1. The molecular formula is C15H27N7. The zero-order chi connectivity index (χ0) is 15.5. The minimum atomic E-state index is 0.662. The van der Waals surface area contributed by atoms with Gasteiger partial charge in [0.1, 0.15) is 5.82 Å². The summed E-state index contributed by atoms with van der Waals surface area (Å²) >= 11 is 0. The highest BCUT2D eigenvalue weighted by Gasteiger charge is 2.30. The van der Waals surface area contributed by atoms with Crippen molar-refractivity contribution in [3.63, 3.8) is 0 Å². The molecule has 2 fully saturated rings. The van der Waals surface area contributed by atoms with E-state index < -0.39 is 0 Å². The molecule has 7 nitrogen and oxygen atoms in total. The fourth-order valence-electron chi connectivity index (χ4n) is 3.43. The summed E-state index contributed by atoms with van der Waals surface area (Å²) in [5.74, 6) is 2.85. The topological polar surface area (TPSA) is 61.6 Å². The molecule has 1 aromatic heterocycles. The number of rotatable bonds is 3. The Balaban J connectivity index is 1.55. The lowest BCUT2D eigenvalue weighted by atomic mass is 10.2. The molecule has 1 aromatic rings. The standard InChI is InChI=1S/C15H27N7/c1-12-18-19-14(20(12)3)10-17-15(16-2)22-9-6-13(11-22)21-7-4-5-8-21/h13H,4-11H2,1-3H3,(H,16,17). The Kier molecular flexibility index (Phi) is 4.61. The van der Waals surface area contributed by atoms with Crippen LogP contribution in [0.5, 0.6) is 0 Å². The first-order valence-electron chi connectivity index (χ1n) is 8.23. The Labute approximate surface area is 132 Å². The quantitative estimate of drug-likeness (QED) is 0.646. The van der Waals surface area contributed by atoms with Gasteiger partial charge in [-0.1, -0.05) is 0 Å². The van der Waals surface area contributed by atoms with Crippen LogP contribution in [0.15, 0.2) is 4.99 Å². The Bertz CT molecular complexity index is 530. The molecule has 1 N–H and O–H groups in total. The van der Waals surface area contributed by atoms with E-state index in [1.807, 2.05) is 25.6 Å². The van der Waals surface area contributed by atoms with Crippen LogP contribution < -0.4 is 5.32 Å². The number of nitrogens with zero attached hydrogens (tertiary/aromatic N) is 6. The molecule has 0 aliphatic carbocycles. The maximum absolute atomic E-state index is 4.44. The maximum Gasteiger partial charge on any atom is 0.194 e. The van der Waals surface area contributed by atoms with Gasteiger partial charge in [0.25, 0.3) is 0 Å². The van der Waals surface area contributed by atoms with Gasteiger partial charge in [0.05, 0.1) is 6.54 Å². The first kappa shape index (κ1) is 15.3. The Hall–Kier alpha value is -1.63. The summed E-state index contributed by atoms with van der Waals surface area (Å²) in [5.41, 5.74) is 0. The highest BCUT2D eigenvalue weighted by atomic mass is 15.4. The average molecular weight is 305 g/mol. The van der Waals surface area contributed by atoms with E-state index in [-0.39, 0.29) is 0 Å². The molecule has 2 aliphatic heterocycles. The molecule has 0 spiro atoms. The number of hydrogen-bond acceptors (Lipinski definition) is 4. The van der Waals surface area contributed by atoms with Crippen molar-refractivity contribution in [1.82, 2.24) is 29.9 Å². The van der Waals surface area contributed by atoms with Crippen LogP contribution in [0.3, 0.4) is 0 Å². The number of nitrogens with one attached hydrogen (secondary N) is 1. The molecule has 0 aromatic carbocycles. The Morgan fingerprint density at radius 3 is 2.68 bits per heavy atom. The Morgan fingerprint density at radius 1 is 1.27 bits per heavy atom. The summed E-state index contributed by atoms with van der Waals surface area (Å²) in [5, 5.41) is 11.7. The molecule has 3 heterocycles. The van der Waals surface area contributed by atoms with Gasteiger partial charge in [-0.15, -0.1) is 10.2 Å². The monoisotopic (exact) mass is 305 g/mol. The second-order valence-electron chi connectivity index (χ2n) is 6.25. The van der Waals surface area contributed by atoms with Gasteiger partial charge in [-0.25, -0.2) is 0 Å². The van der Waals surface area contributed by atoms with Crippen molar-refractivity contribution in [2.75, 3.05) is 33.2 Å². The molecule has 7 heteroatoms. The van der Waals surface area contributed by atoms with Crippen LogP contribution in [0.25, 0.3) is 0 Å². The van der Waals surface area contributed by atoms with Gasteiger partial charge in [0.15, 0.2) is 11.8 Å². The predicted molar refractivity (Wildman–Crippen MR) is 86.7 cm³/mol. The molecule has 0 saturated carbocycles. The third-order valence-corrected chi connectivity index (χ3v) is 4.92. The van der Waals surface area contributed by atoms with Crippen molar-refractivity contribution in [2.24, 2.45) is 12.0 Å². The summed E-state index contributed by atoms with van der Waals surface area (Å²) in [4.78, 5) is 9.44. The van der Waals surface area contributed by atoms with Gasteiger partial charge < -0.3 is 14.8 Å². The van der Waals surface area contributed by atoms with Gasteiger partial charge in [-0.3, -0.25) is 9.89 Å². The van der Waals surface area contributed by atoms with Crippen LogP contribution in [0, 0.1) is 6.92 Å². The zero-order valence-electron chi connectivity index (χ0n) is 13.9. The van der Waals surface area contributed by atoms with Crippen LogP contribution in [0.1, 0.15) is 30.9 Å². The van der Waals surface area contributed by atoms with Crippen molar-refractivity contribution in [1.29, 1.82) is 0 Å². The van der Waals surface area contributed by atoms with E-state index in [0.29, 0.717) is 12.6 Å². The van der Waals surface area contributed by atoms with Crippen LogP contribution in [0.2, 0.25) is 0 Å². The highest BCUT2D eigenvalue weighted by Crippen LogP contribution is 2.20. The molecule has 22 heavy (non-hydrogen) atoms. The van der Waals surface area contributed by atoms with Crippen LogP contribution in [-0.2, 0) is 13.6 Å². The van der Waals surface area contributed by atoms with E-state index >= 15 is 0 Å². The minimum absolute atomic E-state index is 0.662. The summed E-state index contributed by atoms with van der Waals surface area (Å²) in [6.45, 7) is 7.32. The van der Waals surface area contributed by atoms with Gasteiger partial charge in [-0.05, 0) is 39.3 Å². The lowest BCUT2D eigenvalue weighted by Gasteiger charge is -2.25. The highest BCUT2D eigenvalue weighted by molar-refractivity contribution is 5.80. The molecule has 3 rings (SSSR count). The van der Waals surface area contributed by atoms with Crippen molar-refractivity contribution >= 4 is 5.96 Å². The third kappa shape index (κ3) is 3.09. The summed E-state index contributed by atoms with van der Waals surface area (Å²) in [6, 6.07) is 0.693. The van der Waals surface area contributed by atoms with Crippen LogP contribution >= 0.6 is 0 Å². The van der Waals surface area contributed by atoms with E-state index in [0.717, 1.165) is 30.7 Å². The first-order valence-corrected chi connectivity index (χ1v) is 8.23.